The number of rotatable bonds is 4. The van der Waals surface area contributed by atoms with Gasteiger partial charge in [0.2, 0.25) is 0 Å². The molecule has 0 aliphatic carbocycles. The molecule has 1 fully saturated rings. The van der Waals surface area contributed by atoms with Crippen molar-refractivity contribution in [3.63, 3.8) is 0 Å². The van der Waals surface area contributed by atoms with E-state index >= 15 is 0 Å². The predicted molar refractivity (Wildman–Crippen MR) is 51.0 cm³/mol. The number of carboxylic acids is 1. The van der Waals surface area contributed by atoms with Crippen LogP contribution in [0.25, 0.3) is 0 Å². The van der Waals surface area contributed by atoms with Crippen molar-refractivity contribution in [1.29, 1.82) is 0 Å². The van der Waals surface area contributed by atoms with Crippen molar-refractivity contribution in [3.05, 3.63) is 0 Å². The standard InChI is InChI=1S/C10H18O4/c1-2-8(11)7-10(9(12)13)3-5-14-6-4-10/h8,11H,2-7H2,1H3,(H,12,13). The quantitative estimate of drug-likeness (QED) is 0.714. The molecule has 0 aromatic heterocycles. The fourth-order valence-electron chi connectivity index (χ4n) is 1.86. The van der Waals surface area contributed by atoms with Gasteiger partial charge in [0.15, 0.2) is 0 Å². The van der Waals surface area contributed by atoms with Gasteiger partial charge in [-0.05, 0) is 25.7 Å². The summed E-state index contributed by atoms with van der Waals surface area (Å²) in [5.41, 5.74) is -0.756. The normalized spacial score (nSPS) is 23.0. The Kier molecular flexibility index (Phi) is 3.89. The van der Waals surface area contributed by atoms with Gasteiger partial charge in [-0.15, -0.1) is 0 Å². The predicted octanol–water partition coefficient (Wildman–Crippen LogP) is 1.03. The number of hydrogen-bond acceptors (Lipinski definition) is 3. The van der Waals surface area contributed by atoms with Crippen LogP contribution >= 0.6 is 0 Å². The highest BCUT2D eigenvalue weighted by Crippen LogP contribution is 2.36. The van der Waals surface area contributed by atoms with Crippen molar-refractivity contribution in [1.82, 2.24) is 0 Å². The Morgan fingerprint density at radius 3 is 2.50 bits per heavy atom. The highest BCUT2D eigenvalue weighted by atomic mass is 16.5. The first-order valence-electron chi connectivity index (χ1n) is 5.10. The number of carbonyl (C=O) groups is 1. The van der Waals surface area contributed by atoms with Gasteiger partial charge >= 0.3 is 5.97 Å². The third-order valence-electron chi connectivity index (χ3n) is 3.00. The van der Waals surface area contributed by atoms with Crippen LogP contribution in [0.2, 0.25) is 0 Å². The van der Waals surface area contributed by atoms with E-state index in [2.05, 4.69) is 0 Å². The summed E-state index contributed by atoms with van der Waals surface area (Å²) >= 11 is 0. The summed E-state index contributed by atoms with van der Waals surface area (Å²) in [7, 11) is 0. The largest absolute Gasteiger partial charge is 0.481 e. The summed E-state index contributed by atoms with van der Waals surface area (Å²) in [4.78, 5) is 11.2. The average molecular weight is 202 g/mol. The molecule has 0 aromatic rings. The fraction of sp³-hybridized carbons (Fsp3) is 0.900. The number of hydrogen-bond donors (Lipinski definition) is 2. The molecule has 0 radical (unpaired) electrons. The van der Waals surface area contributed by atoms with Crippen LogP contribution < -0.4 is 0 Å². The Hall–Kier alpha value is -0.610. The van der Waals surface area contributed by atoms with E-state index in [-0.39, 0.29) is 0 Å². The summed E-state index contributed by atoms with van der Waals surface area (Å²) in [5.74, 6) is -0.798. The molecular formula is C10H18O4. The van der Waals surface area contributed by atoms with Gasteiger partial charge in [-0.3, -0.25) is 4.79 Å². The second-order valence-corrected chi connectivity index (χ2v) is 3.96. The van der Waals surface area contributed by atoms with Crippen molar-refractivity contribution >= 4 is 5.97 Å². The monoisotopic (exact) mass is 202 g/mol. The topological polar surface area (TPSA) is 66.8 Å². The minimum absolute atomic E-state index is 0.349. The molecule has 0 aromatic carbocycles. The lowest BCUT2D eigenvalue weighted by Crippen LogP contribution is -2.39. The Morgan fingerprint density at radius 1 is 1.50 bits per heavy atom. The minimum Gasteiger partial charge on any atom is -0.481 e. The lowest BCUT2D eigenvalue weighted by Gasteiger charge is -2.34. The van der Waals surface area contributed by atoms with Crippen LogP contribution in [0, 0.1) is 5.41 Å². The second-order valence-electron chi connectivity index (χ2n) is 3.96. The third-order valence-corrected chi connectivity index (χ3v) is 3.00. The highest BCUT2D eigenvalue weighted by molar-refractivity contribution is 5.74. The van der Waals surface area contributed by atoms with Crippen molar-refractivity contribution in [2.24, 2.45) is 5.41 Å². The summed E-state index contributed by atoms with van der Waals surface area (Å²) < 4.78 is 5.15. The van der Waals surface area contributed by atoms with Gasteiger partial charge in [0.1, 0.15) is 0 Å². The van der Waals surface area contributed by atoms with Gasteiger partial charge in [-0.25, -0.2) is 0 Å². The maximum Gasteiger partial charge on any atom is 0.309 e. The van der Waals surface area contributed by atoms with E-state index in [1.165, 1.54) is 0 Å². The molecule has 0 bridgehead atoms. The molecule has 1 rings (SSSR count). The van der Waals surface area contributed by atoms with Gasteiger partial charge in [-0.1, -0.05) is 6.92 Å². The first-order chi connectivity index (χ1) is 6.60. The molecule has 1 saturated heterocycles. The van der Waals surface area contributed by atoms with Crippen LogP contribution in [-0.4, -0.2) is 35.5 Å². The molecule has 14 heavy (non-hydrogen) atoms. The van der Waals surface area contributed by atoms with Crippen molar-refractivity contribution in [2.75, 3.05) is 13.2 Å². The molecule has 0 saturated carbocycles. The third kappa shape index (κ3) is 2.45. The smallest absolute Gasteiger partial charge is 0.309 e. The van der Waals surface area contributed by atoms with E-state index in [0.29, 0.717) is 38.9 Å². The first-order valence-corrected chi connectivity index (χ1v) is 5.10. The van der Waals surface area contributed by atoms with E-state index in [1.54, 1.807) is 0 Å². The zero-order valence-electron chi connectivity index (χ0n) is 8.53. The molecule has 0 spiro atoms. The van der Waals surface area contributed by atoms with Gasteiger partial charge in [0.25, 0.3) is 0 Å². The lowest BCUT2D eigenvalue weighted by molar-refractivity contribution is -0.157. The van der Waals surface area contributed by atoms with E-state index in [4.69, 9.17) is 9.84 Å². The second kappa shape index (κ2) is 4.75. The molecule has 4 nitrogen and oxygen atoms in total. The lowest BCUT2D eigenvalue weighted by atomic mass is 9.75. The number of ether oxygens (including phenoxy) is 1. The Balaban J connectivity index is 2.65. The van der Waals surface area contributed by atoms with Gasteiger partial charge in [0.05, 0.1) is 11.5 Å². The fourth-order valence-corrected chi connectivity index (χ4v) is 1.86. The van der Waals surface area contributed by atoms with Crippen molar-refractivity contribution in [3.8, 4) is 0 Å². The summed E-state index contributed by atoms with van der Waals surface area (Å²) in [5, 5.41) is 18.7. The van der Waals surface area contributed by atoms with E-state index in [1.807, 2.05) is 6.92 Å². The first kappa shape index (κ1) is 11.5. The summed E-state index contributed by atoms with van der Waals surface area (Å²) in [6.45, 7) is 2.84. The van der Waals surface area contributed by atoms with Gasteiger partial charge in [-0.2, -0.15) is 0 Å². The van der Waals surface area contributed by atoms with Crippen LogP contribution in [0.5, 0.6) is 0 Å². The number of carboxylic acid groups (broad SMARTS) is 1. The molecule has 4 heteroatoms. The minimum atomic E-state index is -0.798. The van der Waals surface area contributed by atoms with Crippen molar-refractivity contribution < 1.29 is 19.7 Å². The Labute approximate surface area is 83.9 Å². The summed E-state index contributed by atoms with van der Waals surface area (Å²) in [6, 6.07) is 0. The van der Waals surface area contributed by atoms with Crippen LogP contribution in [0.15, 0.2) is 0 Å². The Bertz CT molecular complexity index is 196. The highest BCUT2D eigenvalue weighted by Gasteiger charge is 2.41. The molecule has 1 aliphatic rings. The van der Waals surface area contributed by atoms with Crippen LogP contribution in [0.3, 0.4) is 0 Å². The zero-order valence-corrected chi connectivity index (χ0v) is 8.53. The zero-order chi connectivity index (χ0) is 10.6. The van der Waals surface area contributed by atoms with E-state index < -0.39 is 17.5 Å². The SMILES string of the molecule is CCC(O)CC1(C(=O)O)CCOCC1. The van der Waals surface area contributed by atoms with Crippen molar-refractivity contribution in [2.45, 2.75) is 38.7 Å². The van der Waals surface area contributed by atoms with Gasteiger partial charge in [0, 0.05) is 13.2 Å². The number of aliphatic carboxylic acids is 1. The average Bonchev–Trinajstić information content (AvgIpc) is 2.19. The molecule has 1 heterocycles. The molecule has 2 N–H and O–H groups in total. The van der Waals surface area contributed by atoms with Crippen LogP contribution in [0.1, 0.15) is 32.6 Å². The van der Waals surface area contributed by atoms with Crippen LogP contribution in [0.4, 0.5) is 0 Å². The molecule has 1 atom stereocenters. The molecule has 0 amide bonds. The van der Waals surface area contributed by atoms with Gasteiger partial charge < -0.3 is 14.9 Å². The van der Waals surface area contributed by atoms with E-state index in [9.17, 15) is 9.90 Å². The van der Waals surface area contributed by atoms with E-state index in [0.717, 1.165) is 0 Å². The maximum atomic E-state index is 11.2. The molecule has 1 unspecified atom stereocenters. The molecule has 82 valence electrons. The maximum absolute atomic E-state index is 11.2. The number of aliphatic hydroxyl groups is 1. The Morgan fingerprint density at radius 2 is 2.07 bits per heavy atom. The molecule has 1 aliphatic heterocycles. The summed E-state index contributed by atoms with van der Waals surface area (Å²) in [6.07, 6.45) is 1.47. The number of aliphatic hydroxyl groups excluding tert-OH is 1. The van der Waals surface area contributed by atoms with Crippen LogP contribution in [-0.2, 0) is 9.53 Å². The molecular weight excluding hydrogens is 184 g/mol.